The second-order valence-electron chi connectivity index (χ2n) is 3.36. The van der Waals surface area contributed by atoms with Crippen LogP contribution in [0.15, 0.2) is 12.2 Å². The molecular weight excluding hydrogens is 152 g/mol. The summed E-state index contributed by atoms with van der Waals surface area (Å²) in [7, 11) is 0. The van der Waals surface area contributed by atoms with Crippen molar-refractivity contribution in [1.82, 2.24) is 0 Å². The van der Waals surface area contributed by atoms with E-state index in [0.29, 0.717) is 0 Å². The fourth-order valence-corrected chi connectivity index (χ4v) is 1.71. The molecular formula is C10H14O2. The average Bonchev–Trinajstić information content (AvgIpc) is 2.04. The molecule has 1 aliphatic carbocycles. The SMILES string of the molecule is CC(=O)[C@H]1C=CCC[C@@H]1C(C)=O. The summed E-state index contributed by atoms with van der Waals surface area (Å²) >= 11 is 0. The van der Waals surface area contributed by atoms with E-state index in [4.69, 9.17) is 0 Å². The maximum atomic E-state index is 11.1. The lowest BCUT2D eigenvalue weighted by Crippen LogP contribution is -2.27. The zero-order valence-corrected chi connectivity index (χ0v) is 7.54. The van der Waals surface area contributed by atoms with Crippen LogP contribution < -0.4 is 0 Å². The molecule has 2 atom stereocenters. The molecule has 1 rings (SSSR count). The van der Waals surface area contributed by atoms with E-state index in [2.05, 4.69) is 0 Å². The first-order valence-electron chi connectivity index (χ1n) is 4.30. The van der Waals surface area contributed by atoms with Crippen LogP contribution in [-0.2, 0) is 9.59 Å². The Kier molecular flexibility index (Phi) is 2.79. The van der Waals surface area contributed by atoms with Crippen molar-refractivity contribution in [2.45, 2.75) is 26.7 Å². The summed E-state index contributed by atoms with van der Waals surface area (Å²) in [6.45, 7) is 3.12. The molecule has 0 radical (unpaired) electrons. The highest BCUT2D eigenvalue weighted by Gasteiger charge is 2.28. The van der Waals surface area contributed by atoms with Crippen LogP contribution in [0.3, 0.4) is 0 Å². The van der Waals surface area contributed by atoms with E-state index in [0.717, 1.165) is 12.8 Å². The lowest BCUT2D eigenvalue weighted by Gasteiger charge is -2.22. The summed E-state index contributed by atoms with van der Waals surface area (Å²) < 4.78 is 0. The molecule has 0 saturated carbocycles. The van der Waals surface area contributed by atoms with E-state index in [9.17, 15) is 9.59 Å². The van der Waals surface area contributed by atoms with Gasteiger partial charge in [-0.2, -0.15) is 0 Å². The van der Waals surface area contributed by atoms with Gasteiger partial charge in [0.05, 0.1) is 0 Å². The topological polar surface area (TPSA) is 34.1 Å². The molecule has 0 fully saturated rings. The third-order valence-electron chi connectivity index (χ3n) is 2.41. The predicted molar refractivity (Wildman–Crippen MR) is 46.7 cm³/mol. The second-order valence-corrected chi connectivity index (χ2v) is 3.36. The molecule has 0 aromatic rings. The number of hydrogen-bond donors (Lipinski definition) is 0. The Hall–Kier alpha value is -0.920. The van der Waals surface area contributed by atoms with Gasteiger partial charge >= 0.3 is 0 Å². The van der Waals surface area contributed by atoms with Crippen LogP contribution in [0.1, 0.15) is 26.7 Å². The molecule has 0 aromatic heterocycles. The molecule has 0 N–H and O–H groups in total. The number of carbonyl (C=O) groups excluding carboxylic acids is 2. The summed E-state index contributed by atoms with van der Waals surface area (Å²) in [5.74, 6) is 0.0226. The summed E-state index contributed by atoms with van der Waals surface area (Å²) in [5, 5.41) is 0. The smallest absolute Gasteiger partial charge is 0.137 e. The summed E-state index contributed by atoms with van der Waals surface area (Å²) in [6.07, 6.45) is 5.62. The first kappa shape index (κ1) is 9.17. The molecule has 0 bridgehead atoms. The number of allylic oxidation sites excluding steroid dienone is 2. The van der Waals surface area contributed by atoms with Crippen LogP contribution >= 0.6 is 0 Å². The van der Waals surface area contributed by atoms with Gasteiger partial charge in [-0.3, -0.25) is 9.59 Å². The van der Waals surface area contributed by atoms with E-state index in [-0.39, 0.29) is 23.4 Å². The Morgan fingerprint density at radius 2 is 1.92 bits per heavy atom. The third kappa shape index (κ3) is 1.81. The van der Waals surface area contributed by atoms with Gasteiger partial charge < -0.3 is 0 Å². The molecule has 0 aromatic carbocycles. The monoisotopic (exact) mass is 166 g/mol. The van der Waals surface area contributed by atoms with Crippen molar-refractivity contribution in [3.8, 4) is 0 Å². The number of rotatable bonds is 2. The zero-order valence-electron chi connectivity index (χ0n) is 7.54. The fourth-order valence-electron chi connectivity index (χ4n) is 1.71. The van der Waals surface area contributed by atoms with E-state index in [1.54, 1.807) is 13.8 Å². The number of ketones is 2. The van der Waals surface area contributed by atoms with Crippen LogP contribution in [0.25, 0.3) is 0 Å². The van der Waals surface area contributed by atoms with Crippen molar-refractivity contribution >= 4 is 11.6 Å². The van der Waals surface area contributed by atoms with Crippen LogP contribution in [0.4, 0.5) is 0 Å². The zero-order chi connectivity index (χ0) is 9.14. The molecule has 0 aliphatic heterocycles. The van der Waals surface area contributed by atoms with Crippen LogP contribution in [-0.4, -0.2) is 11.6 Å². The molecule has 66 valence electrons. The quantitative estimate of drug-likeness (QED) is 0.585. The van der Waals surface area contributed by atoms with E-state index >= 15 is 0 Å². The lowest BCUT2D eigenvalue weighted by molar-refractivity contribution is -0.129. The number of hydrogen-bond acceptors (Lipinski definition) is 2. The van der Waals surface area contributed by atoms with Gasteiger partial charge in [0, 0.05) is 11.8 Å². The van der Waals surface area contributed by atoms with Gasteiger partial charge in [0.2, 0.25) is 0 Å². The Morgan fingerprint density at radius 1 is 1.25 bits per heavy atom. The van der Waals surface area contributed by atoms with Crippen molar-refractivity contribution in [3.05, 3.63) is 12.2 Å². The van der Waals surface area contributed by atoms with E-state index < -0.39 is 0 Å². The molecule has 0 saturated heterocycles. The fraction of sp³-hybridized carbons (Fsp3) is 0.600. The van der Waals surface area contributed by atoms with E-state index in [1.807, 2.05) is 12.2 Å². The molecule has 0 unspecified atom stereocenters. The molecule has 2 nitrogen and oxygen atoms in total. The lowest BCUT2D eigenvalue weighted by atomic mass is 9.79. The van der Waals surface area contributed by atoms with Gasteiger partial charge in [0.1, 0.15) is 11.6 Å². The highest BCUT2D eigenvalue weighted by molar-refractivity contribution is 5.89. The predicted octanol–water partition coefficient (Wildman–Crippen LogP) is 1.75. The molecule has 0 heterocycles. The Bertz CT molecular complexity index is 228. The second kappa shape index (κ2) is 3.65. The normalized spacial score (nSPS) is 28.5. The van der Waals surface area contributed by atoms with Gasteiger partial charge in [0.25, 0.3) is 0 Å². The van der Waals surface area contributed by atoms with Crippen molar-refractivity contribution in [2.75, 3.05) is 0 Å². The minimum atomic E-state index is -0.156. The Balaban J connectivity index is 2.79. The van der Waals surface area contributed by atoms with Gasteiger partial charge in [0.15, 0.2) is 0 Å². The molecule has 2 heteroatoms. The Morgan fingerprint density at radius 3 is 2.33 bits per heavy atom. The largest absolute Gasteiger partial charge is 0.300 e. The van der Waals surface area contributed by atoms with Crippen molar-refractivity contribution < 1.29 is 9.59 Å². The minimum absolute atomic E-state index is 0.0625. The van der Waals surface area contributed by atoms with Gasteiger partial charge in [-0.1, -0.05) is 12.2 Å². The number of carbonyl (C=O) groups is 2. The molecule has 0 spiro atoms. The maximum Gasteiger partial charge on any atom is 0.137 e. The molecule has 0 amide bonds. The minimum Gasteiger partial charge on any atom is -0.300 e. The van der Waals surface area contributed by atoms with Gasteiger partial charge in [-0.05, 0) is 26.7 Å². The number of Topliss-reactive ketones (excluding diaryl/α,β-unsaturated/α-hetero) is 2. The van der Waals surface area contributed by atoms with Crippen molar-refractivity contribution in [2.24, 2.45) is 11.8 Å². The highest BCUT2D eigenvalue weighted by Crippen LogP contribution is 2.26. The summed E-state index contributed by atoms with van der Waals surface area (Å²) in [5.41, 5.74) is 0. The van der Waals surface area contributed by atoms with Crippen molar-refractivity contribution in [3.63, 3.8) is 0 Å². The highest BCUT2D eigenvalue weighted by atomic mass is 16.1. The van der Waals surface area contributed by atoms with Gasteiger partial charge in [-0.25, -0.2) is 0 Å². The standard InChI is InChI=1S/C10H14O2/c1-7(11)9-5-3-4-6-10(9)8(2)12/h3,5,9-10H,4,6H2,1-2H3/t9-,10-/m1/s1. The van der Waals surface area contributed by atoms with E-state index in [1.165, 1.54) is 0 Å². The molecule has 1 aliphatic rings. The first-order valence-corrected chi connectivity index (χ1v) is 4.30. The average molecular weight is 166 g/mol. The van der Waals surface area contributed by atoms with Crippen molar-refractivity contribution in [1.29, 1.82) is 0 Å². The van der Waals surface area contributed by atoms with Crippen LogP contribution in [0.2, 0.25) is 0 Å². The first-order chi connectivity index (χ1) is 5.63. The van der Waals surface area contributed by atoms with Crippen LogP contribution in [0, 0.1) is 11.8 Å². The van der Waals surface area contributed by atoms with Gasteiger partial charge in [-0.15, -0.1) is 0 Å². The molecule has 12 heavy (non-hydrogen) atoms. The summed E-state index contributed by atoms with van der Waals surface area (Å²) in [4.78, 5) is 22.2. The summed E-state index contributed by atoms with van der Waals surface area (Å²) in [6, 6.07) is 0. The maximum absolute atomic E-state index is 11.1. The third-order valence-corrected chi connectivity index (χ3v) is 2.41. The van der Waals surface area contributed by atoms with Crippen LogP contribution in [0.5, 0.6) is 0 Å². The Labute approximate surface area is 72.7 Å².